The van der Waals surface area contributed by atoms with Crippen molar-refractivity contribution in [1.82, 2.24) is 24.4 Å². The molecule has 1 N–H and O–H groups in total. The number of fused-ring (bicyclic) bond motifs is 1. The van der Waals surface area contributed by atoms with Gasteiger partial charge in [0.15, 0.2) is 5.65 Å². The maximum Gasteiger partial charge on any atom is 0.323 e. The van der Waals surface area contributed by atoms with Crippen LogP contribution in [0.25, 0.3) is 11.2 Å². The van der Waals surface area contributed by atoms with E-state index in [2.05, 4.69) is 20.3 Å². The van der Waals surface area contributed by atoms with Gasteiger partial charge in [0.2, 0.25) is 5.28 Å². The van der Waals surface area contributed by atoms with Crippen LogP contribution in [0.15, 0.2) is 30.6 Å². The number of nitrogens with one attached hydrogen (secondary N) is 1. The molecule has 3 aromatic rings. The van der Waals surface area contributed by atoms with E-state index in [-0.39, 0.29) is 12.1 Å². The fourth-order valence-electron chi connectivity index (χ4n) is 2.70. The minimum Gasteiger partial charge on any atom is -0.455 e. The zero-order chi connectivity index (χ0) is 19.0. The van der Waals surface area contributed by atoms with Gasteiger partial charge in [-0.25, -0.2) is 14.8 Å². The van der Waals surface area contributed by atoms with Gasteiger partial charge in [0.25, 0.3) is 0 Å². The van der Waals surface area contributed by atoms with Crippen LogP contribution in [0.2, 0.25) is 5.28 Å². The van der Waals surface area contributed by atoms with Crippen molar-refractivity contribution in [2.45, 2.75) is 6.10 Å². The number of aryl methyl sites for hydroxylation is 1. The lowest BCUT2D eigenvalue weighted by atomic mass is 10.2. The lowest BCUT2D eigenvalue weighted by Gasteiger charge is -2.37. The molecule has 1 aliphatic heterocycles. The number of likely N-dealkylation sites (tertiary alicyclic amines) is 1. The Hall–Kier alpha value is -2.91. The molecule has 0 saturated carbocycles. The Kier molecular flexibility index (Phi) is 4.54. The SMILES string of the molecule is COC1CN(C(=O)Nc2cc(Oc3cnc4nc(Cl)n(C)c4c3)ccn2)C1. The average molecular weight is 389 g/mol. The number of pyridine rings is 2. The second kappa shape index (κ2) is 7.01. The third kappa shape index (κ3) is 3.51. The van der Waals surface area contributed by atoms with Gasteiger partial charge in [-0.2, -0.15) is 4.98 Å². The molecule has 4 heterocycles. The van der Waals surface area contributed by atoms with Gasteiger partial charge >= 0.3 is 6.03 Å². The van der Waals surface area contributed by atoms with E-state index in [0.29, 0.717) is 41.3 Å². The summed E-state index contributed by atoms with van der Waals surface area (Å²) >= 11 is 6.01. The molecule has 140 valence electrons. The van der Waals surface area contributed by atoms with Gasteiger partial charge in [0, 0.05) is 32.5 Å². The summed E-state index contributed by atoms with van der Waals surface area (Å²) < 4.78 is 12.7. The number of urea groups is 1. The normalized spacial score (nSPS) is 14.3. The van der Waals surface area contributed by atoms with Crippen LogP contribution in [0.1, 0.15) is 0 Å². The quantitative estimate of drug-likeness (QED) is 0.738. The Morgan fingerprint density at radius 3 is 2.89 bits per heavy atom. The van der Waals surface area contributed by atoms with Crippen molar-refractivity contribution in [3.63, 3.8) is 0 Å². The Bertz CT molecular complexity index is 1000. The van der Waals surface area contributed by atoms with Crippen molar-refractivity contribution >= 4 is 34.6 Å². The number of methoxy groups -OCH3 is 1. The van der Waals surface area contributed by atoms with Gasteiger partial charge in [0.1, 0.15) is 17.3 Å². The highest BCUT2D eigenvalue weighted by atomic mass is 35.5. The van der Waals surface area contributed by atoms with Crippen molar-refractivity contribution in [2.24, 2.45) is 7.05 Å². The Labute approximate surface area is 159 Å². The fourth-order valence-corrected chi connectivity index (χ4v) is 2.87. The number of amides is 2. The zero-order valence-electron chi connectivity index (χ0n) is 14.7. The number of hydrogen-bond donors (Lipinski definition) is 1. The zero-order valence-corrected chi connectivity index (χ0v) is 15.5. The standard InChI is InChI=1S/C17H17ClN6O3/c1-23-13-5-11(7-20-15(13)22-16(23)18)27-10-3-4-19-14(6-10)21-17(25)24-8-12(9-24)26-2/h3-7,12H,8-9H2,1-2H3,(H,19,21,25). The minimum atomic E-state index is -0.222. The van der Waals surface area contributed by atoms with Crippen LogP contribution in [0, 0.1) is 0 Å². The van der Waals surface area contributed by atoms with E-state index in [1.807, 2.05) is 0 Å². The van der Waals surface area contributed by atoms with E-state index in [0.717, 1.165) is 5.52 Å². The highest BCUT2D eigenvalue weighted by molar-refractivity contribution is 6.29. The third-order valence-electron chi connectivity index (χ3n) is 4.33. The van der Waals surface area contributed by atoms with E-state index in [1.165, 1.54) is 0 Å². The molecule has 10 heteroatoms. The molecule has 0 atom stereocenters. The van der Waals surface area contributed by atoms with Gasteiger partial charge in [-0.05, 0) is 17.7 Å². The summed E-state index contributed by atoms with van der Waals surface area (Å²) in [6.07, 6.45) is 3.22. The highest BCUT2D eigenvalue weighted by Gasteiger charge is 2.30. The molecule has 3 aromatic heterocycles. The predicted octanol–water partition coefficient (Wildman–Crippen LogP) is 2.67. The van der Waals surface area contributed by atoms with E-state index in [9.17, 15) is 4.79 Å². The van der Waals surface area contributed by atoms with Crippen molar-refractivity contribution < 1.29 is 14.3 Å². The van der Waals surface area contributed by atoms with Crippen molar-refractivity contribution in [3.05, 3.63) is 35.9 Å². The number of imidazole rings is 1. The molecule has 0 bridgehead atoms. The molecule has 0 radical (unpaired) electrons. The predicted molar refractivity (Wildman–Crippen MR) is 99.2 cm³/mol. The van der Waals surface area contributed by atoms with Gasteiger partial charge in [-0.1, -0.05) is 0 Å². The molecule has 27 heavy (non-hydrogen) atoms. The molecular weight excluding hydrogens is 372 g/mol. The summed E-state index contributed by atoms with van der Waals surface area (Å²) in [7, 11) is 3.43. The molecule has 4 rings (SSSR count). The van der Waals surface area contributed by atoms with Crippen LogP contribution in [-0.4, -0.2) is 56.8 Å². The lowest BCUT2D eigenvalue weighted by Crippen LogP contribution is -2.55. The topological polar surface area (TPSA) is 94.4 Å². The minimum absolute atomic E-state index is 0.0984. The molecule has 0 unspecified atom stereocenters. The Morgan fingerprint density at radius 1 is 1.30 bits per heavy atom. The first kappa shape index (κ1) is 17.5. The average Bonchev–Trinajstić information content (AvgIpc) is 2.89. The number of carbonyl (C=O) groups excluding carboxylic acids is 1. The van der Waals surface area contributed by atoms with Gasteiger partial charge in [-0.3, -0.25) is 5.32 Å². The van der Waals surface area contributed by atoms with Crippen LogP contribution >= 0.6 is 11.6 Å². The molecule has 9 nitrogen and oxygen atoms in total. The molecule has 0 spiro atoms. The molecule has 2 amide bonds. The number of rotatable bonds is 4. The number of anilines is 1. The summed E-state index contributed by atoms with van der Waals surface area (Å²) in [5.74, 6) is 1.44. The van der Waals surface area contributed by atoms with E-state index < -0.39 is 0 Å². The van der Waals surface area contributed by atoms with Crippen LogP contribution in [0.3, 0.4) is 0 Å². The first-order valence-electron chi connectivity index (χ1n) is 8.24. The highest BCUT2D eigenvalue weighted by Crippen LogP contribution is 2.26. The van der Waals surface area contributed by atoms with Crippen LogP contribution in [-0.2, 0) is 11.8 Å². The first-order valence-corrected chi connectivity index (χ1v) is 8.62. The maximum atomic E-state index is 12.2. The van der Waals surface area contributed by atoms with Gasteiger partial charge < -0.3 is 18.9 Å². The number of hydrogen-bond acceptors (Lipinski definition) is 6. The molecule has 1 saturated heterocycles. The largest absolute Gasteiger partial charge is 0.455 e. The third-order valence-corrected chi connectivity index (χ3v) is 4.67. The summed E-state index contributed by atoms with van der Waals surface area (Å²) in [6.45, 7) is 1.13. The summed E-state index contributed by atoms with van der Waals surface area (Å²) in [5, 5.41) is 3.10. The summed E-state index contributed by atoms with van der Waals surface area (Å²) in [4.78, 5) is 26.3. The monoisotopic (exact) mass is 388 g/mol. The van der Waals surface area contributed by atoms with Gasteiger partial charge in [-0.15, -0.1) is 0 Å². The number of ether oxygens (including phenoxy) is 2. The Morgan fingerprint density at radius 2 is 2.11 bits per heavy atom. The number of halogens is 1. The summed E-state index contributed by atoms with van der Waals surface area (Å²) in [5.41, 5.74) is 1.30. The number of nitrogens with zero attached hydrogens (tertiary/aromatic N) is 5. The number of carbonyl (C=O) groups is 1. The molecule has 1 fully saturated rings. The maximum absolute atomic E-state index is 12.2. The van der Waals surface area contributed by atoms with Crippen LogP contribution in [0.4, 0.5) is 10.6 Å². The van der Waals surface area contributed by atoms with Gasteiger partial charge in [0.05, 0.1) is 30.9 Å². The summed E-state index contributed by atoms with van der Waals surface area (Å²) in [6, 6.07) is 4.91. The van der Waals surface area contributed by atoms with Crippen LogP contribution < -0.4 is 10.1 Å². The fraction of sp³-hybridized carbons (Fsp3) is 0.294. The molecule has 1 aliphatic rings. The van der Waals surface area contributed by atoms with Crippen LogP contribution in [0.5, 0.6) is 11.5 Å². The van der Waals surface area contributed by atoms with Crippen molar-refractivity contribution in [3.8, 4) is 11.5 Å². The van der Waals surface area contributed by atoms with E-state index >= 15 is 0 Å². The van der Waals surface area contributed by atoms with Crippen molar-refractivity contribution in [2.75, 3.05) is 25.5 Å². The molecular formula is C17H17ClN6O3. The Balaban J connectivity index is 1.46. The second-order valence-corrected chi connectivity index (χ2v) is 6.46. The van der Waals surface area contributed by atoms with E-state index in [1.54, 1.807) is 54.2 Å². The number of aromatic nitrogens is 4. The second-order valence-electron chi connectivity index (χ2n) is 6.13. The lowest BCUT2D eigenvalue weighted by molar-refractivity contribution is -0.00467. The smallest absolute Gasteiger partial charge is 0.323 e. The first-order chi connectivity index (χ1) is 13.0. The van der Waals surface area contributed by atoms with Crippen molar-refractivity contribution in [1.29, 1.82) is 0 Å². The molecule has 0 aromatic carbocycles. The van der Waals surface area contributed by atoms with E-state index in [4.69, 9.17) is 21.1 Å². The molecule has 0 aliphatic carbocycles.